The Hall–Kier alpha value is 0.0200. The molecule has 0 aliphatic heterocycles. The second kappa shape index (κ2) is 7.37. The maximum atomic E-state index is 11.8. The van der Waals surface area contributed by atoms with E-state index in [4.69, 9.17) is 5.73 Å². The van der Waals surface area contributed by atoms with Crippen molar-refractivity contribution >= 4 is 20.8 Å². The summed E-state index contributed by atoms with van der Waals surface area (Å²) >= 11 is 0. The van der Waals surface area contributed by atoms with E-state index in [9.17, 15) is 12.6 Å². The number of rotatable bonds is 8. The summed E-state index contributed by atoms with van der Waals surface area (Å²) in [5, 5.41) is -0.540. The van der Waals surface area contributed by atoms with E-state index in [1.807, 2.05) is 0 Å². The van der Waals surface area contributed by atoms with Crippen LogP contribution in [0.1, 0.15) is 26.7 Å². The van der Waals surface area contributed by atoms with Crippen molar-refractivity contribution in [2.45, 2.75) is 38.0 Å². The van der Waals surface area contributed by atoms with E-state index in [0.29, 0.717) is 18.6 Å². The molecule has 0 radical (unpaired) electrons. The molecule has 0 aromatic rings. The van der Waals surface area contributed by atoms with Crippen LogP contribution in [0.3, 0.4) is 0 Å². The molecule has 0 aromatic heterocycles. The molecule has 3 N–H and O–H groups in total. The van der Waals surface area contributed by atoms with Gasteiger partial charge in [0.15, 0.2) is 0 Å². The van der Waals surface area contributed by atoms with Crippen LogP contribution in [-0.4, -0.2) is 42.5 Å². The lowest BCUT2D eigenvalue weighted by Crippen LogP contribution is -2.43. The van der Waals surface area contributed by atoms with Gasteiger partial charge in [0.2, 0.25) is 10.0 Å². The highest BCUT2D eigenvalue weighted by atomic mass is 32.2. The lowest BCUT2D eigenvalue weighted by molar-refractivity contribution is 0.538. The van der Waals surface area contributed by atoms with Crippen LogP contribution in [0.2, 0.25) is 0 Å². The van der Waals surface area contributed by atoms with Gasteiger partial charge in [0.1, 0.15) is 0 Å². The first-order valence-corrected chi connectivity index (χ1v) is 8.62. The van der Waals surface area contributed by atoms with Crippen molar-refractivity contribution in [3.8, 4) is 0 Å². The third kappa shape index (κ3) is 5.93. The summed E-state index contributed by atoms with van der Waals surface area (Å²) in [7, 11) is -4.23. The molecule has 5 nitrogen and oxygen atoms in total. The molecule has 3 atom stereocenters. The zero-order chi connectivity index (χ0) is 12.8. The molecule has 0 amide bonds. The third-order valence-electron chi connectivity index (χ3n) is 2.36. The summed E-state index contributed by atoms with van der Waals surface area (Å²) in [6.45, 7) is 3.69. The lowest BCUT2D eigenvalue weighted by Gasteiger charge is -2.18. The summed E-state index contributed by atoms with van der Waals surface area (Å²) in [5.74, 6) is 0.503. The van der Waals surface area contributed by atoms with Crippen LogP contribution in [0.5, 0.6) is 0 Å². The van der Waals surface area contributed by atoms with E-state index in [2.05, 4.69) is 4.72 Å². The van der Waals surface area contributed by atoms with Crippen LogP contribution in [0.15, 0.2) is 0 Å². The molecule has 0 fully saturated rings. The molecule has 0 spiro atoms. The van der Waals surface area contributed by atoms with Gasteiger partial charge < -0.3 is 5.73 Å². The first-order chi connectivity index (χ1) is 7.33. The molecule has 0 bridgehead atoms. The van der Waals surface area contributed by atoms with Crippen LogP contribution in [0.4, 0.5) is 0 Å². The Bertz CT molecular complexity index is 313. The Labute approximate surface area is 101 Å². The standard InChI is InChI=1S/C9H22N2O3S2/c1-4-9(7-10)16(13,14)11-8(2)5-6-15(3)12/h8-9,11H,4-7,10H2,1-3H3. The fraction of sp³-hybridized carbons (Fsp3) is 1.00. The molecular formula is C9H22N2O3S2. The molecule has 0 heterocycles. The summed E-state index contributed by atoms with van der Waals surface area (Å²) in [5.41, 5.74) is 5.40. The molecule has 0 aliphatic carbocycles. The van der Waals surface area contributed by atoms with Crippen LogP contribution in [-0.2, 0) is 20.8 Å². The van der Waals surface area contributed by atoms with Gasteiger partial charge in [0.25, 0.3) is 0 Å². The second-order valence-electron chi connectivity index (χ2n) is 3.90. The lowest BCUT2D eigenvalue weighted by atomic mass is 10.3. The molecule has 0 aromatic carbocycles. The van der Waals surface area contributed by atoms with Crippen molar-refractivity contribution in [3.63, 3.8) is 0 Å². The fourth-order valence-corrected chi connectivity index (χ4v) is 3.54. The minimum Gasteiger partial charge on any atom is -0.329 e. The second-order valence-corrected chi connectivity index (χ2v) is 7.44. The number of hydrogen-bond acceptors (Lipinski definition) is 4. The first-order valence-electron chi connectivity index (χ1n) is 5.34. The van der Waals surface area contributed by atoms with Gasteiger partial charge in [-0.05, 0) is 19.8 Å². The summed E-state index contributed by atoms with van der Waals surface area (Å²) in [6.07, 6.45) is 2.68. The summed E-state index contributed by atoms with van der Waals surface area (Å²) < 4.78 is 37.0. The number of sulfonamides is 1. The first kappa shape index (κ1) is 16.0. The Balaban J connectivity index is 4.30. The molecule has 16 heavy (non-hydrogen) atoms. The van der Waals surface area contributed by atoms with E-state index in [0.717, 1.165) is 0 Å². The zero-order valence-corrected chi connectivity index (χ0v) is 11.7. The minimum atomic E-state index is -3.34. The molecule has 0 saturated heterocycles. The van der Waals surface area contributed by atoms with Crippen molar-refractivity contribution < 1.29 is 12.6 Å². The average molecular weight is 270 g/mol. The average Bonchev–Trinajstić information content (AvgIpc) is 2.15. The SMILES string of the molecule is CCC(CN)S(=O)(=O)NC(C)CCS(C)=O. The minimum absolute atomic E-state index is 0.123. The maximum absolute atomic E-state index is 11.8. The monoisotopic (exact) mass is 270 g/mol. The van der Waals surface area contributed by atoms with Crippen molar-refractivity contribution in [3.05, 3.63) is 0 Å². The van der Waals surface area contributed by atoms with Crippen molar-refractivity contribution in [2.75, 3.05) is 18.6 Å². The molecular weight excluding hydrogens is 248 g/mol. The van der Waals surface area contributed by atoms with E-state index in [-0.39, 0.29) is 12.6 Å². The van der Waals surface area contributed by atoms with Crippen LogP contribution >= 0.6 is 0 Å². The molecule has 7 heteroatoms. The van der Waals surface area contributed by atoms with Gasteiger partial charge in [-0.2, -0.15) is 0 Å². The van der Waals surface area contributed by atoms with Crippen molar-refractivity contribution in [1.82, 2.24) is 4.72 Å². The molecule has 0 saturated carbocycles. The Morgan fingerprint density at radius 2 is 2.00 bits per heavy atom. The van der Waals surface area contributed by atoms with Crippen LogP contribution < -0.4 is 10.5 Å². The van der Waals surface area contributed by atoms with Crippen molar-refractivity contribution in [2.24, 2.45) is 5.73 Å². The summed E-state index contributed by atoms with van der Waals surface area (Å²) in [4.78, 5) is 0. The fourth-order valence-electron chi connectivity index (χ4n) is 1.29. The quantitative estimate of drug-likeness (QED) is 0.639. The van der Waals surface area contributed by atoms with Gasteiger partial charge in [0.05, 0.1) is 5.25 Å². The van der Waals surface area contributed by atoms with Crippen LogP contribution in [0, 0.1) is 0 Å². The zero-order valence-electron chi connectivity index (χ0n) is 10.1. The van der Waals surface area contributed by atoms with E-state index >= 15 is 0 Å². The van der Waals surface area contributed by atoms with E-state index in [1.165, 1.54) is 0 Å². The van der Waals surface area contributed by atoms with Crippen LogP contribution in [0.25, 0.3) is 0 Å². The predicted octanol–water partition coefficient (Wildman–Crippen LogP) is -0.200. The molecule has 3 unspecified atom stereocenters. The van der Waals surface area contributed by atoms with Gasteiger partial charge in [-0.25, -0.2) is 13.1 Å². The van der Waals surface area contributed by atoms with E-state index in [1.54, 1.807) is 20.1 Å². The highest BCUT2D eigenvalue weighted by Gasteiger charge is 2.23. The topological polar surface area (TPSA) is 89.3 Å². The van der Waals surface area contributed by atoms with Crippen molar-refractivity contribution in [1.29, 1.82) is 0 Å². The number of hydrogen-bond donors (Lipinski definition) is 2. The highest BCUT2D eigenvalue weighted by Crippen LogP contribution is 2.05. The number of nitrogens with one attached hydrogen (secondary N) is 1. The smallest absolute Gasteiger partial charge is 0.215 e. The van der Waals surface area contributed by atoms with E-state index < -0.39 is 26.1 Å². The van der Waals surface area contributed by atoms with Gasteiger partial charge in [-0.1, -0.05) is 6.92 Å². The Kier molecular flexibility index (Phi) is 7.38. The predicted molar refractivity (Wildman–Crippen MR) is 68.2 cm³/mol. The van der Waals surface area contributed by atoms with Gasteiger partial charge >= 0.3 is 0 Å². The largest absolute Gasteiger partial charge is 0.329 e. The van der Waals surface area contributed by atoms with Gasteiger partial charge in [-0.15, -0.1) is 0 Å². The molecule has 0 rings (SSSR count). The third-order valence-corrected chi connectivity index (χ3v) is 5.31. The van der Waals surface area contributed by atoms with Gasteiger partial charge in [0, 0.05) is 35.4 Å². The summed E-state index contributed by atoms with van der Waals surface area (Å²) in [6, 6.07) is -0.200. The Morgan fingerprint density at radius 3 is 2.38 bits per heavy atom. The molecule has 0 aliphatic rings. The normalized spacial score (nSPS) is 18.0. The maximum Gasteiger partial charge on any atom is 0.215 e. The number of nitrogens with two attached hydrogens (primary N) is 1. The highest BCUT2D eigenvalue weighted by molar-refractivity contribution is 7.90. The molecule has 98 valence electrons. The Morgan fingerprint density at radius 1 is 1.44 bits per heavy atom. The van der Waals surface area contributed by atoms with Gasteiger partial charge in [-0.3, -0.25) is 4.21 Å².